The fourth-order valence-electron chi connectivity index (χ4n) is 2.42. The minimum Gasteiger partial charge on any atom is -0.361 e. The third kappa shape index (κ3) is 3.15. The number of nitrogens with one attached hydrogen (secondary N) is 4. The minimum absolute atomic E-state index is 0.0665. The number of rotatable bonds is 4. The lowest BCUT2D eigenvalue weighted by Crippen LogP contribution is -2.54. The van der Waals surface area contributed by atoms with Crippen molar-refractivity contribution in [1.82, 2.24) is 21.0 Å². The normalized spacial score (nSPS) is 18.5. The van der Waals surface area contributed by atoms with Gasteiger partial charge in [-0.3, -0.25) is 9.59 Å². The molecule has 22 heavy (non-hydrogen) atoms. The van der Waals surface area contributed by atoms with Crippen molar-refractivity contribution in [2.24, 2.45) is 5.10 Å². The Bertz CT molecular complexity index is 722. The highest BCUT2D eigenvalue weighted by Crippen LogP contribution is 2.15. The van der Waals surface area contributed by atoms with Crippen LogP contribution in [0.3, 0.4) is 0 Å². The van der Waals surface area contributed by atoms with Crippen molar-refractivity contribution in [2.75, 3.05) is 13.1 Å². The first kappa shape index (κ1) is 14.3. The number of benzene rings is 1. The number of carbonyl (C=O) groups excluding carboxylic acids is 2. The van der Waals surface area contributed by atoms with E-state index in [1.165, 1.54) is 0 Å². The number of piperazine rings is 1. The van der Waals surface area contributed by atoms with Crippen LogP contribution in [0.5, 0.6) is 0 Å². The molecule has 0 aliphatic carbocycles. The molecule has 0 radical (unpaired) electrons. The molecular weight excluding hydrogens is 282 g/mol. The second-order valence-electron chi connectivity index (χ2n) is 5.08. The van der Waals surface area contributed by atoms with E-state index < -0.39 is 6.04 Å². The van der Waals surface area contributed by atoms with Gasteiger partial charge in [0.05, 0.1) is 18.7 Å². The highest BCUT2D eigenvalue weighted by atomic mass is 16.2. The van der Waals surface area contributed by atoms with Crippen LogP contribution in [-0.2, 0) is 9.59 Å². The van der Waals surface area contributed by atoms with Crippen LogP contribution in [-0.4, -0.2) is 42.1 Å². The molecule has 0 bridgehead atoms. The number of amides is 2. The maximum atomic E-state index is 11.8. The Labute approximate surface area is 127 Å². The van der Waals surface area contributed by atoms with Gasteiger partial charge in [-0.1, -0.05) is 18.2 Å². The first-order valence-corrected chi connectivity index (χ1v) is 7.13. The third-order valence-corrected chi connectivity index (χ3v) is 3.54. The van der Waals surface area contributed by atoms with E-state index in [2.05, 4.69) is 26.1 Å². The Kier molecular flexibility index (Phi) is 4.15. The van der Waals surface area contributed by atoms with Gasteiger partial charge < -0.3 is 15.6 Å². The molecule has 4 N–H and O–H groups in total. The standard InChI is InChI=1S/C15H17N5O2/c21-14(7-13-15(22)17-6-5-16-13)20-19-9-10-8-18-12-4-2-1-3-11(10)12/h1-4,8-9,13,16,18H,5-7H2,(H,17,22)(H,20,21). The first-order chi connectivity index (χ1) is 10.7. The van der Waals surface area contributed by atoms with E-state index in [1.54, 1.807) is 6.21 Å². The first-order valence-electron chi connectivity index (χ1n) is 7.13. The van der Waals surface area contributed by atoms with Crippen molar-refractivity contribution in [3.8, 4) is 0 Å². The molecule has 1 saturated heterocycles. The second kappa shape index (κ2) is 6.40. The zero-order valence-corrected chi connectivity index (χ0v) is 11.9. The zero-order chi connectivity index (χ0) is 15.4. The predicted octanol–water partition coefficient (Wildman–Crippen LogP) is 0.0961. The lowest BCUT2D eigenvalue weighted by Gasteiger charge is -2.22. The summed E-state index contributed by atoms with van der Waals surface area (Å²) in [7, 11) is 0. The molecular formula is C15H17N5O2. The molecule has 1 fully saturated rings. The van der Waals surface area contributed by atoms with Gasteiger partial charge in [-0.05, 0) is 6.07 Å². The van der Waals surface area contributed by atoms with Gasteiger partial charge in [-0.15, -0.1) is 0 Å². The van der Waals surface area contributed by atoms with Crippen LogP contribution >= 0.6 is 0 Å². The van der Waals surface area contributed by atoms with Gasteiger partial charge in [0.15, 0.2) is 0 Å². The molecule has 2 aromatic rings. The van der Waals surface area contributed by atoms with Crippen LogP contribution in [0, 0.1) is 0 Å². The number of H-pyrrole nitrogens is 1. The predicted molar refractivity (Wildman–Crippen MR) is 83.5 cm³/mol. The fraction of sp³-hybridized carbons (Fsp3) is 0.267. The number of fused-ring (bicyclic) bond motifs is 1. The highest BCUT2D eigenvalue weighted by Gasteiger charge is 2.23. The summed E-state index contributed by atoms with van der Waals surface area (Å²) in [6.45, 7) is 1.26. The summed E-state index contributed by atoms with van der Waals surface area (Å²) in [4.78, 5) is 26.5. The Morgan fingerprint density at radius 2 is 2.23 bits per heavy atom. The SMILES string of the molecule is O=C(CC1NCCNC1=O)NN=Cc1c[nH]c2ccccc12. The van der Waals surface area contributed by atoms with E-state index >= 15 is 0 Å². The third-order valence-electron chi connectivity index (χ3n) is 3.54. The van der Waals surface area contributed by atoms with E-state index in [4.69, 9.17) is 0 Å². The van der Waals surface area contributed by atoms with Crippen LogP contribution in [0.1, 0.15) is 12.0 Å². The average molecular weight is 299 g/mol. The van der Waals surface area contributed by atoms with E-state index in [1.807, 2.05) is 30.5 Å². The summed E-state index contributed by atoms with van der Waals surface area (Å²) in [6.07, 6.45) is 3.48. The van der Waals surface area contributed by atoms with Crippen molar-refractivity contribution in [2.45, 2.75) is 12.5 Å². The zero-order valence-electron chi connectivity index (χ0n) is 11.9. The Morgan fingerprint density at radius 1 is 1.36 bits per heavy atom. The molecule has 3 rings (SSSR count). The maximum absolute atomic E-state index is 11.8. The summed E-state index contributed by atoms with van der Waals surface area (Å²) in [5.41, 5.74) is 4.36. The van der Waals surface area contributed by atoms with Crippen molar-refractivity contribution < 1.29 is 9.59 Å². The lowest BCUT2D eigenvalue weighted by molar-refractivity contribution is -0.129. The summed E-state index contributed by atoms with van der Waals surface area (Å²) in [5, 5.41) is 10.7. The number of hydrogen-bond acceptors (Lipinski definition) is 4. The van der Waals surface area contributed by atoms with Gasteiger partial charge >= 0.3 is 0 Å². The molecule has 1 aliphatic rings. The molecule has 114 valence electrons. The van der Waals surface area contributed by atoms with Crippen LogP contribution in [0.4, 0.5) is 0 Å². The van der Waals surface area contributed by atoms with Crippen LogP contribution in [0.2, 0.25) is 0 Å². The van der Waals surface area contributed by atoms with Gasteiger partial charge in [-0.25, -0.2) is 5.43 Å². The minimum atomic E-state index is -0.489. The Hall–Kier alpha value is -2.67. The molecule has 2 heterocycles. The molecule has 7 heteroatoms. The molecule has 2 amide bonds. The Balaban J connectivity index is 1.57. The molecule has 0 spiro atoms. The van der Waals surface area contributed by atoms with Crippen molar-refractivity contribution in [3.63, 3.8) is 0 Å². The van der Waals surface area contributed by atoms with Gasteiger partial charge in [0.1, 0.15) is 0 Å². The highest BCUT2D eigenvalue weighted by molar-refractivity contribution is 5.99. The molecule has 1 atom stereocenters. The monoisotopic (exact) mass is 299 g/mol. The number of carbonyl (C=O) groups is 2. The summed E-state index contributed by atoms with van der Waals surface area (Å²) in [5.74, 6) is -0.451. The van der Waals surface area contributed by atoms with Gasteiger partial charge in [0.25, 0.3) is 0 Å². The van der Waals surface area contributed by atoms with E-state index in [-0.39, 0.29) is 18.2 Å². The lowest BCUT2D eigenvalue weighted by atomic mass is 10.1. The number of aromatic amines is 1. The van der Waals surface area contributed by atoms with E-state index in [0.29, 0.717) is 13.1 Å². The number of para-hydroxylation sites is 1. The van der Waals surface area contributed by atoms with Gasteiger partial charge in [0.2, 0.25) is 11.8 Å². The number of aromatic nitrogens is 1. The quantitative estimate of drug-likeness (QED) is 0.476. The van der Waals surface area contributed by atoms with Gasteiger partial charge in [-0.2, -0.15) is 5.10 Å². The topological polar surface area (TPSA) is 98.4 Å². The molecule has 0 saturated carbocycles. The summed E-state index contributed by atoms with van der Waals surface area (Å²) in [6, 6.07) is 7.35. The molecule has 1 aromatic carbocycles. The Morgan fingerprint density at radius 3 is 3.09 bits per heavy atom. The summed E-state index contributed by atoms with van der Waals surface area (Å²) >= 11 is 0. The molecule has 1 aromatic heterocycles. The number of nitrogens with zero attached hydrogens (tertiary/aromatic N) is 1. The summed E-state index contributed by atoms with van der Waals surface area (Å²) < 4.78 is 0. The van der Waals surface area contributed by atoms with E-state index in [9.17, 15) is 9.59 Å². The van der Waals surface area contributed by atoms with Crippen LogP contribution in [0.25, 0.3) is 10.9 Å². The molecule has 1 unspecified atom stereocenters. The van der Waals surface area contributed by atoms with Crippen molar-refractivity contribution in [3.05, 3.63) is 36.0 Å². The van der Waals surface area contributed by atoms with Gasteiger partial charge in [0, 0.05) is 35.8 Å². The van der Waals surface area contributed by atoms with Crippen LogP contribution < -0.4 is 16.1 Å². The van der Waals surface area contributed by atoms with Crippen molar-refractivity contribution in [1.29, 1.82) is 0 Å². The average Bonchev–Trinajstić information content (AvgIpc) is 2.93. The smallest absolute Gasteiger partial charge is 0.242 e. The molecule has 1 aliphatic heterocycles. The molecule has 7 nitrogen and oxygen atoms in total. The number of hydrogen-bond donors (Lipinski definition) is 4. The largest absolute Gasteiger partial charge is 0.361 e. The maximum Gasteiger partial charge on any atom is 0.242 e. The fourth-order valence-corrected chi connectivity index (χ4v) is 2.42. The van der Waals surface area contributed by atoms with E-state index in [0.717, 1.165) is 16.5 Å². The van der Waals surface area contributed by atoms with Crippen LogP contribution in [0.15, 0.2) is 35.6 Å². The van der Waals surface area contributed by atoms with Crippen molar-refractivity contribution >= 4 is 28.9 Å². The number of hydrazone groups is 1. The second-order valence-corrected chi connectivity index (χ2v) is 5.08.